The molecular formula is C51H30N4O2. The lowest BCUT2D eigenvalue weighted by atomic mass is 9.99. The summed E-state index contributed by atoms with van der Waals surface area (Å²) in [5, 5.41) is 6.58. The second-order valence-corrected chi connectivity index (χ2v) is 14.4. The summed E-state index contributed by atoms with van der Waals surface area (Å²) < 4.78 is 15.3. The van der Waals surface area contributed by atoms with Crippen LogP contribution in [0, 0.1) is 0 Å². The van der Waals surface area contributed by atoms with Gasteiger partial charge in [-0.05, 0) is 65.7 Å². The lowest BCUT2D eigenvalue weighted by molar-refractivity contribution is 0.668. The lowest BCUT2D eigenvalue weighted by Gasteiger charge is -2.09. The molecule has 0 aliphatic rings. The largest absolute Gasteiger partial charge is 0.456 e. The predicted octanol–water partition coefficient (Wildman–Crippen LogP) is 13.4. The normalized spacial score (nSPS) is 11.9. The van der Waals surface area contributed by atoms with Crippen molar-refractivity contribution in [3.63, 3.8) is 0 Å². The summed E-state index contributed by atoms with van der Waals surface area (Å²) in [5.41, 5.74) is 11.6. The summed E-state index contributed by atoms with van der Waals surface area (Å²) in [5.74, 6) is 1.83. The quantitative estimate of drug-likeness (QED) is 0.176. The van der Waals surface area contributed by atoms with E-state index < -0.39 is 0 Å². The molecule has 8 aromatic carbocycles. The summed E-state index contributed by atoms with van der Waals surface area (Å²) in [4.78, 5) is 15.0. The van der Waals surface area contributed by atoms with Gasteiger partial charge in [0.15, 0.2) is 17.5 Å². The highest BCUT2D eigenvalue weighted by atomic mass is 16.3. The zero-order chi connectivity index (χ0) is 37.5. The lowest BCUT2D eigenvalue weighted by Crippen LogP contribution is -2.00. The Morgan fingerprint density at radius 3 is 1.56 bits per heavy atom. The molecule has 0 unspecified atom stereocenters. The highest BCUT2D eigenvalue weighted by Crippen LogP contribution is 2.40. The maximum Gasteiger partial charge on any atom is 0.164 e. The molecule has 12 rings (SSSR count). The van der Waals surface area contributed by atoms with E-state index in [-0.39, 0.29) is 0 Å². The molecule has 0 aliphatic carbocycles. The number of para-hydroxylation sites is 2. The van der Waals surface area contributed by atoms with Gasteiger partial charge in [0.05, 0.1) is 11.0 Å². The fourth-order valence-electron chi connectivity index (χ4n) is 8.41. The number of aromatic nitrogens is 4. The Hall–Kier alpha value is -7.83. The molecule has 57 heavy (non-hydrogen) atoms. The fraction of sp³-hybridized carbons (Fsp3) is 0. The van der Waals surface area contributed by atoms with Crippen LogP contribution in [0.15, 0.2) is 191 Å². The molecule has 0 aliphatic heterocycles. The van der Waals surface area contributed by atoms with Crippen LogP contribution in [0.1, 0.15) is 0 Å². The predicted molar refractivity (Wildman–Crippen MR) is 230 cm³/mol. The SMILES string of the molecule is c1ccc(-c2nc(-c3ccccc3)nc(-c3cccc4oc5ccc(-c6ccc7oc8cc(-n9c%10ccccc%10c%10ccccc%109)ccc8c7c6)cc5c34)n2)cc1. The molecule has 6 heteroatoms. The highest BCUT2D eigenvalue weighted by molar-refractivity contribution is 6.14. The van der Waals surface area contributed by atoms with Crippen molar-refractivity contribution in [2.75, 3.05) is 0 Å². The molecular weight excluding hydrogens is 701 g/mol. The zero-order valence-electron chi connectivity index (χ0n) is 30.4. The van der Waals surface area contributed by atoms with Gasteiger partial charge in [0.25, 0.3) is 0 Å². The van der Waals surface area contributed by atoms with E-state index in [1.807, 2.05) is 72.8 Å². The number of rotatable bonds is 5. The maximum atomic E-state index is 6.52. The summed E-state index contributed by atoms with van der Waals surface area (Å²) in [6, 6.07) is 62.7. The standard InChI is InChI=1S/C51H30N4O2/c1-3-12-31(13-4-1)49-52-50(32-14-5-2-6-15-32)54-51(53-49)39-18-11-21-46-48(39)41-29-34(23-27-45(41)56-46)33-22-26-44-40(28-33)38-25-24-35(30-47(38)57-44)55-42-19-9-7-16-36(42)37-17-8-10-20-43(37)55/h1-30H. The molecule has 0 saturated heterocycles. The Balaban J connectivity index is 0.988. The third-order valence-electron chi connectivity index (χ3n) is 11.1. The molecule has 12 aromatic rings. The molecule has 4 aromatic heterocycles. The number of nitrogens with zero attached hydrogens (tertiary/aromatic N) is 4. The van der Waals surface area contributed by atoms with Crippen LogP contribution in [-0.4, -0.2) is 19.5 Å². The van der Waals surface area contributed by atoms with Crippen LogP contribution < -0.4 is 0 Å². The molecule has 0 N–H and O–H groups in total. The third kappa shape index (κ3) is 5.01. The first-order valence-corrected chi connectivity index (χ1v) is 19.0. The Labute approximate surface area is 325 Å². The van der Waals surface area contributed by atoms with Crippen molar-refractivity contribution in [1.29, 1.82) is 0 Å². The minimum Gasteiger partial charge on any atom is -0.456 e. The van der Waals surface area contributed by atoms with E-state index in [4.69, 9.17) is 23.8 Å². The summed E-state index contributed by atoms with van der Waals surface area (Å²) >= 11 is 0. The third-order valence-corrected chi connectivity index (χ3v) is 11.1. The van der Waals surface area contributed by atoms with Crippen molar-refractivity contribution in [1.82, 2.24) is 19.5 Å². The van der Waals surface area contributed by atoms with Crippen LogP contribution in [0.3, 0.4) is 0 Å². The van der Waals surface area contributed by atoms with Gasteiger partial charge in [-0.3, -0.25) is 0 Å². The van der Waals surface area contributed by atoms with Gasteiger partial charge in [-0.2, -0.15) is 0 Å². The number of benzene rings is 8. The van der Waals surface area contributed by atoms with Crippen molar-refractivity contribution in [3.8, 4) is 51.0 Å². The van der Waals surface area contributed by atoms with E-state index in [9.17, 15) is 0 Å². The van der Waals surface area contributed by atoms with Gasteiger partial charge in [0, 0.05) is 60.8 Å². The molecule has 6 nitrogen and oxygen atoms in total. The second kappa shape index (κ2) is 12.3. The van der Waals surface area contributed by atoms with Crippen LogP contribution in [0.25, 0.3) is 117 Å². The highest BCUT2D eigenvalue weighted by Gasteiger charge is 2.19. The molecule has 0 bridgehead atoms. The average molecular weight is 731 g/mol. The first-order valence-electron chi connectivity index (χ1n) is 19.0. The van der Waals surface area contributed by atoms with Crippen LogP contribution in [0.5, 0.6) is 0 Å². The van der Waals surface area contributed by atoms with Gasteiger partial charge in [-0.25, -0.2) is 15.0 Å². The molecule has 0 atom stereocenters. The number of hydrogen-bond donors (Lipinski definition) is 0. The molecule has 0 amide bonds. The Morgan fingerprint density at radius 1 is 0.333 bits per heavy atom. The van der Waals surface area contributed by atoms with E-state index >= 15 is 0 Å². The molecule has 0 radical (unpaired) electrons. The number of furan rings is 2. The number of hydrogen-bond acceptors (Lipinski definition) is 5. The monoisotopic (exact) mass is 730 g/mol. The van der Waals surface area contributed by atoms with E-state index in [1.165, 1.54) is 21.8 Å². The van der Waals surface area contributed by atoms with E-state index in [2.05, 4.69) is 114 Å². The van der Waals surface area contributed by atoms with Crippen molar-refractivity contribution in [3.05, 3.63) is 182 Å². The Bertz CT molecular complexity index is 3410. The van der Waals surface area contributed by atoms with Gasteiger partial charge in [-0.15, -0.1) is 0 Å². The smallest absolute Gasteiger partial charge is 0.164 e. The Morgan fingerprint density at radius 2 is 0.895 bits per heavy atom. The number of fused-ring (bicyclic) bond motifs is 9. The van der Waals surface area contributed by atoms with Crippen LogP contribution in [-0.2, 0) is 0 Å². The van der Waals surface area contributed by atoms with Crippen molar-refractivity contribution < 1.29 is 8.83 Å². The average Bonchev–Trinajstić information content (AvgIpc) is 3.95. The van der Waals surface area contributed by atoms with E-state index in [1.54, 1.807) is 0 Å². The van der Waals surface area contributed by atoms with Gasteiger partial charge < -0.3 is 13.4 Å². The van der Waals surface area contributed by atoms with Gasteiger partial charge in [-0.1, -0.05) is 121 Å². The molecule has 0 saturated carbocycles. The van der Waals surface area contributed by atoms with Crippen molar-refractivity contribution in [2.24, 2.45) is 0 Å². The topological polar surface area (TPSA) is 69.9 Å². The van der Waals surface area contributed by atoms with Gasteiger partial charge >= 0.3 is 0 Å². The van der Waals surface area contributed by atoms with Crippen LogP contribution in [0.4, 0.5) is 0 Å². The molecule has 0 fully saturated rings. The van der Waals surface area contributed by atoms with Crippen molar-refractivity contribution in [2.45, 2.75) is 0 Å². The molecule has 266 valence electrons. The minimum atomic E-state index is 0.591. The van der Waals surface area contributed by atoms with Gasteiger partial charge in [0.1, 0.15) is 22.3 Å². The first-order chi connectivity index (χ1) is 28.2. The van der Waals surface area contributed by atoms with E-state index in [0.717, 1.165) is 77.4 Å². The zero-order valence-corrected chi connectivity index (χ0v) is 30.4. The first kappa shape index (κ1) is 31.5. The second-order valence-electron chi connectivity index (χ2n) is 14.4. The van der Waals surface area contributed by atoms with E-state index in [0.29, 0.717) is 17.5 Å². The summed E-state index contributed by atoms with van der Waals surface area (Å²) in [7, 11) is 0. The molecule has 0 spiro atoms. The summed E-state index contributed by atoms with van der Waals surface area (Å²) in [6.45, 7) is 0. The van der Waals surface area contributed by atoms with Crippen molar-refractivity contribution >= 4 is 65.7 Å². The minimum absolute atomic E-state index is 0.591. The molecule has 4 heterocycles. The van der Waals surface area contributed by atoms with Crippen LogP contribution >= 0.6 is 0 Å². The fourth-order valence-corrected chi connectivity index (χ4v) is 8.41. The van der Waals surface area contributed by atoms with Gasteiger partial charge in [0.2, 0.25) is 0 Å². The Kier molecular flexibility index (Phi) is 6.83. The maximum absolute atomic E-state index is 6.52. The van der Waals surface area contributed by atoms with Crippen LogP contribution in [0.2, 0.25) is 0 Å². The summed E-state index contributed by atoms with van der Waals surface area (Å²) in [6.07, 6.45) is 0.